The Morgan fingerprint density at radius 3 is 2.22 bits per heavy atom. The average molecular weight is 718 g/mol. The predicted octanol–water partition coefficient (Wildman–Crippen LogP) is 4.66. The Bertz CT molecular complexity index is 1980. The van der Waals surface area contributed by atoms with Crippen LogP contribution < -0.4 is 14.9 Å². The van der Waals surface area contributed by atoms with Crippen LogP contribution >= 0.6 is 11.6 Å². The Morgan fingerprint density at radius 2 is 1.61 bits per heavy atom. The fourth-order valence-corrected chi connectivity index (χ4v) is 8.73. The molecule has 264 valence electrons. The van der Waals surface area contributed by atoms with Gasteiger partial charge in [0.05, 0.1) is 49.5 Å². The van der Waals surface area contributed by atoms with Crippen LogP contribution in [-0.4, -0.2) is 70.5 Å². The molecule has 1 saturated carbocycles. The van der Waals surface area contributed by atoms with E-state index >= 15 is 4.79 Å². The number of allylic oxidation sites excluding steroid dienone is 2. The van der Waals surface area contributed by atoms with Gasteiger partial charge >= 0.3 is 5.97 Å². The molecule has 12 nitrogen and oxygen atoms in total. The summed E-state index contributed by atoms with van der Waals surface area (Å²) >= 11 is 6.33. The molecule has 3 fully saturated rings. The molecule has 2 aliphatic carbocycles. The van der Waals surface area contributed by atoms with Crippen molar-refractivity contribution in [2.24, 2.45) is 23.7 Å². The highest BCUT2D eigenvalue weighted by Gasteiger charge is 2.70. The number of hydrogen-bond donors (Lipinski definition) is 3. The second-order valence-electron chi connectivity index (χ2n) is 13.1. The number of carboxylic acids is 1. The van der Waals surface area contributed by atoms with Crippen molar-refractivity contribution in [1.82, 2.24) is 9.91 Å². The van der Waals surface area contributed by atoms with Crippen LogP contribution in [0.4, 0.5) is 10.1 Å². The molecule has 51 heavy (non-hydrogen) atoms. The number of hydrazine groups is 1. The summed E-state index contributed by atoms with van der Waals surface area (Å²) in [4.78, 5) is 69.9. The third kappa shape index (κ3) is 5.21. The number of amides is 4. The van der Waals surface area contributed by atoms with Crippen molar-refractivity contribution in [3.8, 4) is 17.2 Å². The van der Waals surface area contributed by atoms with Gasteiger partial charge in [-0.2, -0.15) is 5.01 Å². The number of phenolic OH excluding ortho intramolecular Hbond substituents is 1. The number of carbonyl (C=O) groups is 5. The van der Waals surface area contributed by atoms with Gasteiger partial charge in [-0.3, -0.25) is 34.3 Å². The summed E-state index contributed by atoms with van der Waals surface area (Å²) in [6.45, 7) is -0.289. The number of fused-ring (bicyclic) bond motifs is 4. The van der Waals surface area contributed by atoms with Crippen LogP contribution in [-0.2, 0) is 29.4 Å². The molecular formula is C37H33ClFN3O9. The largest absolute Gasteiger partial charge is 0.502 e. The van der Waals surface area contributed by atoms with Crippen LogP contribution in [0.1, 0.15) is 36.3 Å². The van der Waals surface area contributed by atoms with Crippen molar-refractivity contribution in [2.75, 3.05) is 26.2 Å². The van der Waals surface area contributed by atoms with E-state index in [0.717, 1.165) is 9.91 Å². The molecule has 4 aliphatic rings. The lowest BCUT2D eigenvalue weighted by Gasteiger charge is -2.50. The summed E-state index contributed by atoms with van der Waals surface area (Å²) in [5.41, 5.74) is 3.00. The molecule has 2 heterocycles. The number of hydrogen-bond acceptors (Lipinski definition) is 9. The number of benzene rings is 3. The van der Waals surface area contributed by atoms with Crippen LogP contribution in [0, 0.1) is 29.5 Å². The Hall–Kier alpha value is -5.43. The molecule has 2 saturated heterocycles. The number of methoxy groups -OCH3 is 2. The minimum absolute atomic E-state index is 0.00353. The van der Waals surface area contributed by atoms with Crippen molar-refractivity contribution in [3.05, 3.63) is 94.3 Å². The monoisotopic (exact) mass is 717 g/mol. The number of phenols is 1. The number of carbonyl (C=O) groups excluding carboxylic acids is 4. The Balaban J connectivity index is 1.46. The molecule has 3 N–H and O–H groups in total. The zero-order valence-corrected chi connectivity index (χ0v) is 28.2. The number of ether oxygens (including phenoxy) is 2. The summed E-state index contributed by atoms with van der Waals surface area (Å²) in [5, 5.41) is 21.5. The molecule has 0 unspecified atom stereocenters. The van der Waals surface area contributed by atoms with Crippen molar-refractivity contribution in [3.63, 3.8) is 0 Å². The SMILES string of the molecule is COc1cc([C@H]2C3=CC[C@@H]4C(=O)N(CCC(=O)O)C(=O)[C@@H]4[C@@H]3C[C@H]3C(=O)N(Nc4ccc(F)cc4)C(=O)[C@@]23c2ccc(Cl)cc2)cc(OC)c1O. The van der Waals surface area contributed by atoms with Crippen LogP contribution in [0.5, 0.6) is 17.2 Å². The van der Waals surface area contributed by atoms with E-state index in [-0.39, 0.29) is 42.3 Å². The lowest BCUT2D eigenvalue weighted by Crippen LogP contribution is -2.53. The first-order valence-corrected chi connectivity index (χ1v) is 16.7. The first kappa shape index (κ1) is 34.0. The fraction of sp³-hybridized carbons (Fsp3) is 0.324. The number of likely N-dealkylation sites (tertiary alicyclic amines) is 1. The molecule has 7 rings (SSSR count). The minimum Gasteiger partial charge on any atom is -0.502 e. The molecule has 0 radical (unpaired) electrons. The third-order valence-corrected chi connectivity index (χ3v) is 11.0. The van der Waals surface area contributed by atoms with E-state index in [2.05, 4.69) is 5.43 Å². The van der Waals surface area contributed by atoms with Crippen LogP contribution in [0.15, 0.2) is 72.3 Å². The standard InChI is InChI=1S/C37H33ClFN3O9/c1-50-27-15-18(16-28(51-2)32(27)45)31-23-11-12-24-30(35(48)41(33(24)46)14-13-29(43)44)25(23)17-26-34(47)42(40-22-9-7-21(39)8-10-22)36(49)37(26,31)19-3-5-20(38)6-4-19/h3-11,15-16,24-26,30-31,40,45H,12-14,17H2,1-2H3,(H,43,44)/t24-,25+,26-,30-,31-,37+/m0/s1. The molecule has 0 bridgehead atoms. The van der Waals surface area contributed by atoms with E-state index in [1.165, 1.54) is 38.5 Å². The summed E-state index contributed by atoms with van der Waals surface area (Å²) in [6.07, 6.45) is 1.55. The van der Waals surface area contributed by atoms with Gasteiger partial charge in [0.15, 0.2) is 11.5 Å². The second-order valence-corrected chi connectivity index (χ2v) is 13.6. The topological polar surface area (TPSA) is 163 Å². The summed E-state index contributed by atoms with van der Waals surface area (Å²) in [7, 11) is 2.72. The molecule has 4 amide bonds. The van der Waals surface area contributed by atoms with E-state index in [1.54, 1.807) is 36.4 Å². The predicted molar refractivity (Wildman–Crippen MR) is 179 cm³/mol. The van der Waals surface area contributed by atoms with Crippen molar-refractivity contribution in [2.45, 2.75) is 30.6 Å². The van der Waals surface area contributed by atoms with Gasteiger partial charge in [-0.05, 0) is 78.4 Å². The molecular weight excluding hydrogens is 685 g/mol. The number of anilines is 1. The van der Waals surface area contributed by atoms with Gasteiger partial charge < -0.3 is 19.7 Å². The second kappa shape index (κ2) is 12.7. The number of rotatable bonds is 9. The summed E-state index contributed by atoms with van der Waals surface area (Å²) in [5.74, 6) is -8.62. The van der Waals surface area contributed by atoms with E-state index in [1.807, 2.05) is 6.08 Å². The fourth-order valence-electron chi connectivity index (χ4n) is 8.60. The quantitative estimate of drug-likeness (QED) is 0.210. The zero-order valence-electron chi connectivity index (χ0n) is 27.5. The smallest absolute Gasteiger partial charge is 0.305 e. The Kier molecular flexibility index (Phi) is 8.49. The molecule has 0 spiro atoms. The van der Waals surface area contributed by atoms with Gasteiger partial charge in [0.2, 0.25) is 17.6 Å². The average Bonchev–Trinajstić information content (AvgIpc) is 3.49. The molecule has 3 aromatic carbocycles. The first-order chi connectivity index (χ1) is 24.4. The van der Waals surface area contributed by atoms with E-state index < -0.39 is 76.8 Å². The minimum atomic E-state index is -1.66. The zero-order chi connectivity index (χ0) is 36.4. The van der Waals surface area contributed by atoms with E-state index in [0.29, 0.717) is 21.7 Å². The van der Waals surface area contributed by atoms with E-state index in [4.69, 9.17) is 21.1 Å². The lowest BCUT2D eigenvalue weighted by molar-refractivity contribution is -0.143. The highest BCUT2D eigenvalue weighted by atomic mass is 35.5. The Morgan fingerprint density at radius 1 is 0.961 bits per heavy atom. The number of aliphatic carboxylic acids is 1. The van der Waals surface area contributed by atoms with Gasteiger partial charge in [0, 0.05) is 17.5 Å². The molecule has 0 aromatic heterocycles. The van der Waals surface area contributed by atoms with Crippen LogP contribution in [0.25, 0.3) is 0 Å². The van der Waals surface area contributed by atoms with Crippen LogP contribution in [0.3, 0.4) is 0 Å². The highest BCUT2D eigenvalue weighted by molar-refractivity contribution is 6.30. The molecule has 6 atom stereocenters. The molecule has 2 aliphatic heterocycles. The lowest BCUT2D eigenvalue weighted by atomic mass is 9.49. The first-order valence-electron chi connectivity index (χ1n) is 16.3. The maximum Gasteiger partial charge on any atom is 0.305 e. The number of nitrogens with zero attached hydrogens (tertiary/aromatic N) is 2. The van der Waals surface area contributed by atoms with E-state index in [9.17, 15) is 33.8 Å². The van der Waals surface area contributed by atoms with Gasteiger partial charge in [-0.25, -0.2) is 4.39 Å². The normalized spacial score (nSPS) is 26.7. The number of halogens is 2. The maximum atomic E-state index is 15.2. The molecule has 14 heteroatoms. The number of carboxylic acid groups (broad SMARTS) is 1. The summed E-state index contributed by atoms with van der Waals surface area (Å²) < 4.78 is 24.9. The number of nitrogens with one attached hydrogen (secondary N) is 1. The summed E-state index contributed by atoms with van der Waals surface area (Å²) in [6, 6.07) is 14.8. The van der Waals surface area contributed by atoms with Gasteiger partial charge in [0.1, 0.15) is 5.82 Å². The van der Waals surface area contributed by atoms with Crippen LogP contribution in [0.2, 0.25) is 5.02 Å². The number of imide groups is 2. The molecule has 3 aromatic rings. The highest BCUT2D eigenvalue weighted by Crippen LogP contribution is 2.64. The Labute approximate surface area is 296 Å². The van der Waals surface area contributed by atoms with Crippen molar-refractivity contribution >= 4 is 46.9 Å². The maximum absolute atomic E-state index is 15.2. The van der Waals surface area contributed by atoms with Gasteiger partial charge in [0.25, 0.3) is 11.8 Å². The number of aromatic hydroxyl groups is 1. The van der Waals surface area contributed by atoms with Crippen molar-refractivity contribution in [1.29, 1.82) is 0 Å². The van der Waals surface area contributed by atoms with Gasteiger partial charge in [-0.1, -0.05) is 35.4 Å². The third-order valence-electron chi connectivity index (χ3n) is 10.7. The van der Waals surface area contributed by atoms with Crippen molar-refractivity contribution < 1.29 is 48.0 Å². The van der Waals surface area contributed by atoms with Gasteiger partial charge in [-0.15, -0.1) is 0 Å².